The van der Waals surface area contributed by atoms with E-state index in [1.165, 1.54) is 12.1 Å². The van der Waals surface area contributed by atoms with Crippen LogP contribution in [0.5, 0.6) is 5.75 Å². The van der Waals surface area contributed by atoms with Crippen LogP contribution in [0.1, 0.15) is 34.1 Å². The van der Waals surface area contributed by atoms with Gasteiger partial charge < -0.3 is 15.8 Å². The zero-order valence-corrected chi connectivity index (χ0v) is 13.6. The third-order valence-electron chi connectivity index (χ3n) is 3.07. The van der Waals surface area contributed by atoms with Crippen LogP contribution < -0.4 is 15.8 Å². The first-order chi connectivity index (χ1) is 9.16. The summed E-state index contributed by atoms with van der Waals surface area (Å²) in [6, 6.07) is 3.01. The van der Waals surface area contributed by atoms with E-state index >= 15 is 0 Å². The molecule has 20 heavy (non-hydrogen) atoms. The maximum atomic E-state index is 12.0. The van der Waals surface area contributed by atoms with E-state index in [9.17, 15) is 4.79 Å². The SMILES string of the molecule is CCC(C)(C)NC(=O)C(C)Oc1cc(Cl)c(Cl)cc1N. The van der Waals surface area contributed by atoms with Gasteiger partial charge in [0, 0.05) is 11.6 Å². The predicted molar refractivity (Wildman–Crippen MR) is 83.5 cm³/mol. The minimum atomic E-state index is -0.680. The van der Waals surface area contributed by atoms with E-state index in [0.717, 1.165) is 6.42 Å². The molecule has 1 amide bonds. The second-order valence-electron chi connectivity index (χ2n) is 5.29. The Balaban J connectivity index is 2.78. The van der Waals surface area contributed by atoms with Crippen molar-refractivity contribution in [3.05, 3.63) is 22.2 Å². The van der Waals surface area contributed by atoms with Gasteiger partial charge >= 0.3 is 0 Å². The second-order valence-corrected chi connectivity index (χ2v) is 6.11. The number of anilines is 1. The molecule has 0 fully saturated rings. The molecule has 1 rings (SSSR count). The van der Waals surface area contributed by atoms with E-state index < -0.39 is 6.10 Å². The van der Waals surface area contributed by atoms with Crippen LogP contribution in [0.2, 0.25) is 10.0 Å². The van der Waals surface area contributed by atoms with Gasteiger partial charge in [-0.15, -0.1) is 0 Å². The zero-order chi connectivity index (χ0) is 15.5. The first kappa shape index (κ1) is 16.9. The maximum Gasteiger partial charge on any atom is 0.261 e. The zero-order valence-electron chi connectivity index (χ0n) is 12.1. The number of amides is 1. The fourth-order valence-corrected chi connectivity index (χ4v) is 1.74. The van der Waals surface area contributed by atoms with Gasteiger partial charge in [-0.3, -0.25) is 4.79 Å². The van der Waals surface area contributed by atoms with Crippen molar-refractivity contribution < 1.29 is 9.53 Å². The average Bonchev–Trinajstić information content (AvgIpc) is 2.35. The molecular formula is C14H20Cl2N2O2. The number of carbonyl (C=O) groups excluding carboxylic acids is 1. The third-order valence-corrected chi connectivity index (χ3v) is 3.79. The van der Waals surface area contributed by atoms with Crippen molar-refractivity contribution in [2.24, 2.45) is 0 Å². The van der Waals surface area contributed by atoms with Crippen LogP contribution in [0.25, 0.3) is 0 Å². The molecule has 0 spiro atoms. The van der Waals surface area contributed by atoms with E-state index in [0.29, 0.717) is 21.5 Å². The van der Waals surface area contributed by atoms with Crippen molar-refractivity contribution in [3.63, 3.8) is 0 Å². The third kappa shape index (κ3) is 4.46. The van der Waals surface area contributed by atoms with Crippen LogP contribution in [0, 0.1) is 0 Å². The quantitative estimate of drug-likeness (QED) is 0.814. The van der Waals surface area contributed by atoms with Crippen LogP contribution >= 0.6 is 23.2 Å². The summed E-state index contributed by atoms with van der Waals surface area (Å²) in [5.41, 5.74) is 5.85. The minimum absolute atomic E-state index is 0.206. The molecule has 4 nitrogen and oxygen atoms in total. The van der Waals surface area contributed by atoms with Crippen LogP contribution in [-0.2, 0) is 4.79 Å². The van der Waals surface area contributed by atoms with Crippen molar-refractivity contribution in [2.45, 2.75) is 45.8 Å². The molecule has 6 heteroatoms. The second kappa shape index (κ2) is 6.55. The summed E-state index contributed by atoms with van der Waals surface area (Å²) < 4.78 is 5.55. The van der Waals surface area contributed by atoms with E-state index in [1.807, 2.05) is 20.8 Å². The maximum absolute atomic E-state index is 12.0. The highest BCUT2D eigenvalue weighted by atomic mass is 35.5. The molecule has 0 heterocycles. The van der Waals surface area contributed by atoms with Gasteiger partial charge in [0.1, 0.15) is 5.75 Å². The van der Waals surface area contributed by atoms with Crippen LogP contribution in [-0.4, -0.2) is 17.6 Å². The number of carbonyl (C=O) groups is 1. The molecule has 0 saturated heterocycles. The fraction of sp³-hybridized carbons (Fsp3) is 0.500. The van der Waals surface area contributed by atoms with Crippen LogP contribution in [0.3, 0.4) is 0 Å². The van der Waals surface area contributed by atoms with E-state index in [4.69, 9.17) is 33.7 Å². The molecule has 112 valence electrons. The first-order valence-electron chi connectivity index (χ1n) is 6.39. The van der Waals surface area contributed by atoms with E-state index in [1.54, 1.807) is 6.92 Å². The fourth-order valence-electron chi connectivity index (χ4n) is 1.41. The molecular weight excluding hydrogens is 299 g/mol. The monoisotopic (exact) mass is 318 g/mol. The van der Waals surface area contributed by atoms with Crippen molar-refractivity contribution in [1.82, 2.24) is 5.32 Å². The molecule has 0 aliphatic carbocycles. The minimum Gasteiger partial charge on any atom is -0.479 e. The van der Waals surface area contributed by atoms with Crippen molar-refractivity contribution >= 4 is 34.8 Å². The number of rotatable bonds is 5. The summed E-state index contributed by atoms with van der Waals surface area (Å²) >= 11 is 11.8. The number of nitrogen functional groups attached to an aromatic ring is 1. The first-order valence-corrected chi connectivity index (χ1v) is 7.15. The Bertz CT molecular complexity index is 504. The average molecular weight is 319 g/mol. The Morgan fingerprint density at radius 2 is 1.95 bits per heavy atom. The van der Waals surface area contributed by atoms with Crippen molar-refractivity contribution in [3.8, 4) is 5.75 Å². The Morgan fingerprint density at radius 3 is 2.50 bits per heavy atom. The van der Waals surface area contributed by atoms with Gasteiger partial charge in [0.05, 0.1) is 15.7 Å². The molecule has 0 saturated carbocycles. The summed E-state index contributed by atoms with van der Waals surface area (Å²) in [6.45, 7) is 7.56. The molecule has 0 aliphatic heterocycles. The van der Waals surface area contributed by atoms with Gasteiger partial charge in [-0.05, 0) is 33.3 Å². The van der Waals surface area contributed by atoms with Gasteiger partial charge in [-0.25, -0.2) is 0 Å². The lowest BCUT2D eigenvalue weighted by Gasteiger charge is -2.26. The summed E-state index contributed by atoms with van der Waals surface area (Å²) in [6.07, 6.45) is 0.140. The molecule has 1 atom stereocenters. The summed E-state index contributed by atoms with van der Waals surface area (Å²) in [7, 11) is 0. The lowest BCUT2D eigenvalue weighted by Crippen LogP contribution is -2.48. The Morgan fingerprint density at radius 1 is 1.40 bits per heavy atom. The topological polar surface area (TPSA) is 64.3 Å². The van der Waals surface area contributed by atoms with Gasteiger partial charge in [0.15, 0.2) is 6.10 Å². The van der Waals surface area contributed by atoms with Gasteiger partial charge in [0.2, 0.25) is 0 Å². The van der Waals surface area contributed by atoms with Gasteiger partial charge in [-0.1, -0.05) is 30.1 Å². The molecule has 3 N–H and O–H groups in total. The van der Waals surface area contributed by atoms with E-state index in [2.05, 4.69) is 5.32 Å². The van der Waals surface area contributed by atoms with Crippen LogP contribution in [0.4, 0.5) is 5.69 Å². The molecule has 0 radical (unpaired) electrons. The largest absolute Gasteiger partial charge is 0.479 e. The normalized spacial score (nSPS) is 12.9. The predicted octanol–water partition coefficient (Wildman–Crippen LogP) is 3.65. The van der Waals surface area contributed by atoms with Crippen LogP contribution in [0.15, 0.2) is 12.1 Å². The number of nitrogens with two attached hydrogens (primary N) is 1. The number of ether oxygens (including phenoxy) is 1. The van der Waals surface area contributed by atoms with Gasteiger partial charge in [0.25, 0.3) is 5.91 Å². The van der Waals surface area contributed by atoms with Gasteiger partial charge in [-0.2, -0.15) is 0 Å². The number of hydrogen-bond donors (Lipinski definition) is 2. The van der Waals surface area contributed by atoms with Crippen molar-refractivity contribution in [1.29, 1.82) is 0 Å². The number of hydrogen-bond acceptors (Lipinski definition) is 3. The van der Waals surface area contributed by atoms with E-state index in [-0.39, 0.29) is 11.4 Å². The number of benzene rings is 1. The highest BCUT2D eigenvalue weighted by Crippen LogP contribution is 2.32. The molecule has 0 aliphatic rings. The number of nitrogens with one attached hydrogen (secondary N) is 1. The Kier molecular flexibility index (Phi) is 5.54. The highest BCUT2D eigenvalue weighted by Gasteiger charge is 2.23. The molecule has 0 bridgehead atoms. The molecule has 1 unspecified atom stereocenters. The highest BCUT2D eigenvalue weighted by molar-refractivity contribution is 6.42. The lowest BCUT2D eigenvalue weighted by molar-refractivity contribution is -0.128. The molecule has 1 aromatic rings. The summed E-state index contributed by atoms with van der Waals surface area (Å²) in [5, 5.41) is 3.59. The molecule has 0 aromatic heterocycles. The Labute approximate surface area is 129 Å². The van der Waals surface area contributed by atoms with Crippen molar-refractivity contribution in [2.75, 3.05) is 5.73 Å². The summed E-state index contributed by atoms with van der Waals surface area (Å²) in [5.74, 6) is 0.138. The summed E-state index contributed by atoms with van der Waals surface area (Å²) in [4.78, 5) is 12.0. The number of halogens is 2. The Hall–Kier alpha value is -1.13. The standard InChI is InChI=1S/C14H20Cl2N2O2/c1-5-14(3,4)18-13(19)8(2)20-12-7-10(16)9(15)6-11(12)17/h6-8H,5,17H2,1-4H3,(H,18,19). The lowest BCUT2D eigenvalue weighted by atomic mass is 10.0. The smallest absolute Gasteiger partial charge is 0.261 e. The molecule has 1 aromatic carbocycles.